The molecule has 0 aliphatic heterocycles. The minimum atomic E-state index is -0.783. The summed E-state index contributed by atoms with van der Waals surface area (Å²) in [5, 5.41) is 12.8. The number of carbonyl (C=O) groups is 1. The molecule has 2 amide bonds. The molecule has 0 saturated heterocycles. The van der Waals surface area contributed by atoms with Gasteiger partial charge in [0, 0.05) is 11.8 Å². The summed E-state index contributed by atoms with van der Waals surface area (Å²) in [6.07, 6.45) is 0. The van der Waals surface area contributed by atoms with Crippen molar-refractivity contribution >= 4 is 17.4 Å². The first-order valence-corrected chi connectivity index (χ1v) is 3.93. The van der Waals surface area contributed by atoms with Gasteiger partial charge in [-0.3, -0.25) is 10.1 Å². The van der Waals surface area contributed by atoms with E-state index in [9.17, 15) is 14.9 Å². The molecule has 7 heteroatoms. The normalized spacial score (nSPS) is 9.40. The van der Waals surface area contributed by atoms with Crippen molar-refractivity contribution in [1.29, 1.82) is 0 Å². The van der Waals surface area contributed by atoms with E-state index in [1.807, 2.05) is 0 Å². The van der Waals surface area contributed by atoms with E-state index in [4.69, 9.17) is 10.5 Å². The minimum absolute atomic E-state index is 0.120. The number of hydrogen-bond donors (Lipinski definition) is 2. The molecule has 7 nitrogen and oxygen atoms in total. The second-order valence-corrected chi connectivity index (χ2v) is 2.63. The number of nitrogens with zero attached hydrogens (tertiary/aromatic N) is 1. The van der Waals surface area contributed by atoms with Crippen molar-refractivity contribution in [2.24, 2.45) is 5.73 Å². The highest BCUT2D eigenvalue weighted by molar-refractivity contribution is 5.88. The molecule has 1 aromatic carbocycles. The number of carbonyl (C=O) groups excluding carboxylic acids is 1. The minimum Gasteiger partial charge on any atom is -0.490 e. The van der Waals surface area contributed by atoms with Gasteiger partial charge in [0.25, 0.3) is 0 Å². The number of rotatable bonds is 3. The van der Waals surface area contributed by atoms with Crippen molar-refractivity contribution in [3.63, 3.8) is 0 Å². The second-order valence-electron chi connectivity index (χ2n) is 2.63. The van der Waals surface area contributed by atoms with Crippen LogP contribution in [0.1, 0.15) is 0 Å². The number of methoxy groups -OCH3 is 1. The van der Waals surface area contributed by atoms with Crippen molar-refractivity contribution in [3.05, 3.63) is 28.3 Å². The van der Waals surface area contributed by atoms with Gasteiger partial charge in [0.15, 0.2) is 5.75 Å². The van der Waals surface area contributed by atoms with Gasteiger partial charge < -0.3 is 15.8 Å². The van der Waals surface area contributed by atoms with Crippen molar-refractivity contribution in [3.8, 4) is 5.75 Å². The van der Waals surface area contributed by atoms with Crippen LogP contribution in [0.5, 0.6) is 5.75 Å². The standard InChI is InChI=1S/C8H9N3O4/c1-15-7-3-2-5(10-8(9)12)4-6(7)11(13)14/h2-4H,1H3,(H3,9,10,12). The summed E-state index contributed by atoms with van der Waals surface area (Å²) in [5.41, 5.74) is 4.88. The van der Waals surface area contributed by atoms with E-state index in [2.05, 4.69) is 5.32 Å². The summed E-state index contributed by atoms with van der Waals surface area (Å²) < 4.78 is 4.78. The van der Waals surface area contributed by atoms with Crippen LogP contribution in [0.2, 0.25) is 0 Å². The summed E-state index contributed by atoms with van der Waals surface area (Å²) in [6.45, 7) is 0. The van der Waals surface area contributed by atoms with Crippen LogP contribution in [0, 0.1) is 10.1 Å². The van der Waals surface area contributed by atoms with Gasteiger partial charge in [-0.15, -0.1) is 0 Å². The number of nitrogens with two attached hydrogens (primary N) is 1. The number of nitrogens with one attached hydrogen (secondary N) is 1. The number of nitro groups is 1. The molecule has 0 heterocycles. The van der Waals surface area contributed by atoms with Crippen molar-refractivity contribution in [2.45, 2.75) is 0 Å². The fourth-order valence-electron chi connectivity index (χ4n) is 1.05. The lowest BCUT2D eigenvalue weighted by Crippen LogP contribution is -2.19. The van der Waals surface area contributed by atoms with Crippen LogP contribution in [0.15, 0.2) is 18.2 Å². The van der Waals surface area contributed by atoms with Gasteiger partial charge in [0.1, 0.15) is 0 Å². The van der Waals surface area contributed by atoms with Gasteiger partial charge in [-0.05, 0) is 12.1 Å². The fraction of sp³-hybridized carbons (Fsp3) is 0.125. The smallest absolute Gasteiger partial charge is 0.316 e. The molecular formula is C8H9N3O4. The Bertz CT molecular complexity index is 405. The third kappa shape index (κ3) is 2.56. The van der Waals surface area contributed by atoms with Crippen LogP contribution in [0.25, 0.3) is 0 Å². The Labute approximate surface area is 85.0 Å². The zero-order chi connectivity index (χ0) is 11.4. The molecule has 80 valence electrons. The number of benzene rings is 1. The molecule has 1 aromatic rings. The summed E-state index contributed by atoms with van der Waals surface area (Å²) in [6, 6.07) is 3.22. The van der Waals surface area contributed by atoms with E-state index >= 15 is 0 Å². The summed E-state index contributed by atoms with van der Waals surface area (Å²) >= 11 is 0. The Hall–Kier alpha value is -2.31. The van der Waals surface area contributed by atoms with Crippen molar-refractivity contribution < 1.29 is 14.5 Å². The predicted molar refractivity (Wildman–Crippen MR) is 52.9 cm³/mol. The molecule has 0 atom stereocenters. The Morgan fingerprint density at radius 3 is 2.73 bits per heavy atom. The molecule has 0 aliphatic carbocycles. The zero-order valence-corrected chi connectivity index (χ0v) is 7.89. The number of anilines is 1. The number of amides is 2. The molecule has 0 radical (unpaired) electrons. The first kappa shape index (κ1) is 10.8. The van der Waals surface area contributed by atoms with E-state index in [1.165, 1.54) is 25.3 Å². The van der Waals surface area contributed by atoms with Gasteiger partial charge in [0.2, 0.25) is 0 Å². The summed E-state index contributed by atoms with van der Waals surface area (Å²) in [5.74, 6) is 0.120. The average molecular weight is 211 g/mol. The maximum Gasteiger partial charge on any atom is 0.316 e. The van der Waals surface area contributed by atoms with Crippen LogP contribution in [0.3, 0.4) is 0 Å². The number of primary amides is 1. The maximum absolute atomic E-state index is 10.6. The third-order valence-corrected chi connectivity index (χ3v) is 1.64. The first-order valence-electron chi connectivity index (χ1n) is 3.93. The lowest BCUT2D eigenvalue weighted by atomic mass is 10.2. The van der Waals surface area contributed by atoms with Gasteiger partial charge in [0.05, 0.1) is 12.0 Å². The molecule has 1 rings (SSSR count). The number of ether oxygens (including phenoxy) is 1. The molecule has 0 aromatic heterocycles. The van der Waals surface area contributed by atoms with Crippen LogP contribution < -0.4 is 15.8 Å². The third-order valence-electron chi connectivity index (χ3n) is 1.64. The monoisotopic (exact) mass is 211 g/mol. The molecule has 3 N–H and O–H groups in total. The van der Waals surface area contributed by atoms with Crippen LogP contribution >= 0.6 is 0 Å². The molecule has 0 bridgehead atoms. The van der Waals surface area contributed by atoms with Gasteiger partial charge >= 0.3 is 11.7 Å². The van der Waals surface area contributed by atoms with Gasteiger partial charge in [-0.1, -0.05) is 0 Å². The maximum atomic E-state index is 10.6. The second kappa shape index (κ2) is 4.27. The summed E-state index contributed by atoms with van der Waals surface area (Å²) in [4.78, 5) is 20.5. The van der Waals surface area contributed by atoms with E-state index in [1.54, 1.807) is 0 Å². The molecule has 0 unspecified atom stereocenters. The highest BCUT2D eigenvalue weighted by Gasteiger charge is 2.15. The molecule has 15 heavy (non-hydrogen) atoms. The van der Waals surface area contributed by atoms with Crippen molar-refractivity contribution in [1.82, 2.24) is 0 Å². The van der Waals surface area contributed by atoms with E-state index in [0.29, 0.717) is 0 Å². The SMILES string of the molecule is COc1ccc(NC(N)=O)cc1[N+](=O)[O-]. The largest absolute Gasteiger partial charge is 0.490 e. The topological polar surface area (TPSA) is 107 Å². The molecule has 0 fully saturated rings. The first-order chi connectivity index (χ1) is 7.04. The molecule has 0 spiro atoms. The molecule has 0 saturated carbocycles. The molecule has 0 aliphatic rings. The molecular weight excluding hydrogens is 202 g/mol. The number of urea groups is 1. The lowest BCUT2D eigenvalue weighted by Gasteiger charge is -2.04. The lowest BCUT2D eigenvalue weighted by molar-refractivity contribution is -0.385. The highest BCUT2D eigenvalue weighted by atomic mass is 16.6. The van der Waals surface area contributed by atoms with Gasteiger partial charge in [-0.2, -0.15) is 0 Å². The number of nitro benzene ring substituents is 1. The summed E-state index contributed by atoms with van der Waals surface area (Å²) in [7, 11) is 1.32. The van der Waals surface area contributed by atoms with E-state index in [-0.39, 0.29) is 17.1 Å². The van der Waals surface area contributed by atoms with E-state index < -0.39 is 11.0 Å². The van der Waals surface area contributed by atoms with Gasteiger partial charge in [-0.25, -0.2) is 4.79 Å². The van der Waals surface area contributed by atoms with E-state index in [0.717, 1.165) is 0 Å². The van der Waals surface area contributed by atoms with Crippen LogP contribution in [-0.2, 0) is 0 Å². The fourth-order valence-corrected chi connectivity index (χ4v) is 1.05. The predicted octanol–water partition coefficient (Wildman–Crippen LogP) is 1.09. The zero-order valence-electron chi connectivity index (χ0n) is 7.89. The van der Waals surface area contributed by atoms with Crippen molar-refractivity contribution in [2.75, 3.05) is 12.4 Å². The number of hydrogen-bond acceptors (Lipinski definition) is 4. The van der Waals surface area contributed by atoms with Crippen LogP contribution in [0.4, 0.5) is 16.2 Å². The Morgan fingerprint density at radius 2 is 2.27 bits per heavy atom. The Balaban J connectivity index is 3.10. The van der Waals surface area contributed by atoms with Crippen LogP contribution in [-0.4, -0.2) is 18.1 Å². The average Bonchev–Trinajstić information content (AvgIpc) is 2.16. The Morgan fingerprint density at radius 1 is 1.60 bits per heavy atom. The Kier molecular flexibility index (Phi) is 3.06. The highest BCUT2D eigenvalue weighted by Crippen LogP contribution is 2.29. The quantitative estimate of drug-likeness (QED) is 0.576.